The fourth-order valence-corrected chi connectivity index (χ4v) is 3.49. The molecular weight excluding hydrogens is 298 g/mol. The lowest BCUT2D eigenvalue weighted by Gasteiger charge is -2.08. The second kappa shape index (κ2) is 6.98. The standard InChI is InChI=1S/C14H14ClNOS2/c1-10-7-11(15)4-5-13(10)16-14(17)9-18-8-12-3-2-6-19-12/h2-7H,8-9H2,1H3,(H,16,17). The van der Waals surface area contributed by atoms with Crippen LogP contribution in [-0.4, -0.2) is 11.7 Å². The van der Waals surface area contributed by atoms with Gasteiger partial charge in [0.15, 0.2) is 0 Å². The molecule has 2 nitrogen and oxygen atoms in total. The Morgan fingerprint density at radius 1 is 1.42 bits per heavy atom. The maximum absolute atomic E-state index is 11.8. The Balaban J connectivity index is 1.80. The second-order valence-electron chi connectivity index (χ2n) is 4.08. The highest BCUT2D eigenvalue weighted by molar-refractivity contribution is 7.99. The van der Waals surface area contributed by atoms with E-state index in [0.717, 1.165) is 17.0 Å². The average Bonchev–Trinajstić information content (AvgIpc) is 2.86. The van der Waals surface area contributed by atoms with Crippen molar-refractivity contribution >= 4 is 46.3 Å². The van der Waals surface area contributed by atoms with Gasteiger partial charge in [0.05, 0.1) is 5.75 Å². The molecule has 0 aliphatic rings. The molecule has 2 aromatic rings. The van der Waals surface area contributed by atoms with Crippen molar-refractivity contribution in [1.29, 1.82) is 0 Å². The summed E-state index contributed by atoms with van der Waals surface area (Å²) in [6.45, 7) is 1.93. The third-order valence-corrected chi connectivity index (χ3v) is 4.80. The molecule has 2 rings (SSSR count). The van der Waals surface area contributed by atoms with Gasteiger partial charge in [0.2, 0.25) is 5.91 Å². The van der Waals surface area contributed by atoms with Gasteiger partial charge in [-0.25, -0.2) is 0 Å². The van der Waals surface area contributed by atoms with Crippen molar-refractivity contribution < 1.29 is 4.79 Å². The predicted molar refractivity (Wildman–Crippen MR) is 85.3 cm³/mol. The molecule has 1 heterocycles. The van der Waals surface area contributed by atoms with Crippen LogP contribution in [0.4, 0.5) is 5.69 Å². The van der Waals surface area contributed by atoms with Crippen molar-refractivity contribution in [3.8, 4) is 0 Å². The quantitative estimate of drug-likeness (QED) is 0.875. The molecule has 0 aliphatic carbocycles. The Labute approximate surface area is 126 Å². The Morgan fingerprint density at radius 2 is 2.26 bits per heavy atom. The number of carbonyl (C=O) groups is 1. The number of carbonyl (C=O) groups excluding carboxylic acids is 1. The van der Waals surface area contributed by atoms with E-state index < -0.39 is 0 Å². The van der Waals surface area contributed by atoms with Crippen molar-refractivity contribution in [3.63, 3.8) is 0 Å². The van der Waals surface area contributed by atoms with E-state index in [9.17, 15) is 4.79 Å². The third kappa shape index (κ3) is 4.56. The summed E-state index contributed by atoms with van der Waals surface area (Å²) in [4.78, 5) is 13.1. The van der Waals surface area contributed by atoms with E-state index in [1.807, 2.05) is 30.5 Å². The van der Waals surface area contributed by atoms with Gasteiger partial charge in [0.25, 0.3) is 0 Å². The maximum atomic E-state index is 11.8. The molecule has 1 aromatic heterocycles. The van der Waals surface area contributed by atoms with Crippen LogP contribution in [0.2, 0.25) is 5.02 Å². The maximum Gasteiger partial charge on any atom is 0.234 e. The number of nitrogens with one attached hydrogen (secondary N) is 1. The van der Waals surface area contributed by atoms with Gasteiger partial charge in [-0.15, -0.1) is 23.1 Å². The molecular formula is C14H14ClNOS2. The van der Waals surface area contributed by atoms with Crippen molar-refractivity contribution in [2.24, 2.45) is 0 Å². The molecule has 0 saturated carbocycles. The van der Waals surface area contributed by atoms with Crippen LogP contribution in [0.1, 0.15) is 10.4 Å². The van der Waals surface area contributed by atoms with Crippen LogP contribution in [0.5, 0.6) is 0 Å². The van der Waals surface area contributed by atoms with Crippen LogP contribution in [0.3, 0.4) is 0 Å². The van der Waals surface area contributed by atoms with Crippen LogP contribution < -0.4 is 5.32 Å². The molecule has 1 aromatic carbocycles. The van der Waals surface area contributed by atoms with Crippen LogP contribution >= 0.6 is 34.7 Å². The normalized spacial score (nSPS) is 10.4. The zero-order valence-electron chi connectivity index (χ0n) is 10.5. The lowest BCUT2D eigenvalue weighted by atomic mass is 10.2. The van der Waals surface area contributed by atoms with E-state index >= 15 is 0 Å². The summed E-state index contributed by atoms with van der Waals surface area (Å²) in [5, 5.41) is 5.63. The Kier molecular flexibility index (Phi) is 5.31. The molecule has 0 bridgehead atoms. The highest BCUT2D eigenvalue weighted by Gasteiger charge is 2.05. The van der Waals surface area contributed by atoms with Crippen molar-refractivity contribution in [2.75, 3.05) is 11.1 Å². The number of thioether (sulfide) groups is 1. The number of amides is 1. The van der Waals surface area contributed by atoms with Gasteiger partial charge in [-0.3, -0.25) is 4.79 Å². The molecule has 0 spiro atoms. The van der Waals surface area contributed by atoms with Crippen LogP contribution in [0.15, 0.2) is 35.7 Å². The third-order valence-electron chi connectivity index (χ3n) is 2.52. The fourth-order valence-electron chi connectivity index (χ4n) is 1.59. The number of thiophene rings is 1. The zero-order chi connectivity index (χ0) is 13.7. The fraction of sp³-hybridized carbons (Fsp3) is 0.214. The van der Waals surface area contributed by atoms with E-state index in [1.54, 1.807) is 29.2 Å². The largest absolute Gasteiger partial charge is 0.325 e. The molecule has 0 aliphatic heterocycles. The summed E-state index contributed by atoms with van der Waals surface area (Å²) in [6.07, 6.45) is 0. The van der Waals surface area contributed by atoms with E-state index in [0.29, 0.717) is 10.8 Å². The topological polar surface area (TPSA) is 29.1 Å². The SMILES string of the molecule is Cc1cc(Cl)ccc1NC(=O)CSCc1cccs1. The molecule has 19 heavy (non-hydrogen) atoms. The highest BCUT2D eigenvalue weighted by Crippen LogP contribution is 2.21. The molecule has 100 valence electrons. The first kappa shape index (κ1) is 14.4. The van der Waals surface area contributed by atoms with Gasteiger partial charge in [0, 0.05) is 21.3 Å². The molecule has 5 heteroatoms. The van der Waals surface area contributed by atoms with Gasteiger partial charge in [-0.1, -0.05) is 17.7 Å². The minimum atomic E-state index is 0.0204. The number of hydrogen-bond acceptors (Lipinski definition) is 3. The first-order chi connectivity index (χ1) is 9.15. The monoisotopic (exact) mass is 311 g/mol. The minimum Gasteiger partial charge on any atom is -0.325 e. The summed E-state index contributed by atoms with van der Waals surface area (Å²) in [7, 11) is 0. The molecule has 0 saturated heterocycles. The Hall–Kier alpha value is -0.970. The number of rotatable bonds is 5. The van der Waals surface area contributed by atoms with Crippen LogP contribution in [0, 0.1) is 6.92 Å². The summed E-state index contributed by atoms with van der Waals surface area (Å²) in [6, 6.07) is 9.56. The molecule has 0 unspecified atom stereocenters. The van der Waals surface area contributed by atoms with Gasteiger partial charge < -0.3 is 5.32 Å². The van der Waals surface area contributed by atoms with Crippen molar-refractivity contribution in [3.05, 3.63) is 51.2 Å². The number of halogens is 1. The number of benzene rings is 1. The lowest BCUT2D eigenvalue weighted by molar-refractivity contribution is -0.113. The number of anilines is 1. The average molecular weight is 312 g/mol. The molecule has 0 atom stereocenters. The predicted octanol–water partition coefficient (Wildman–Crippen LogP) is 4.58. The lowest BCUT2D eigenvalue weighted by Crippen LogP contribution is -2.14. The van der Waals surface area contributed by atoms with Crippen molar-refractivity contribution in [1.82, 2.24) is 0 Å². The summed E-state index contributed by atoms with van der Waals surface area (Å²) in [5.74, 6) is 1.36. The van der Waals surface area contributed by atoms with Gasteiger partial charge in [-0.2, -0.15) is 0 Å². The second-order valence-corrected chi connectivity index (χ2v) is 6.53. The molecule has 0 fully saturated rings. The van der Waals surface area contributed by atoms with Crippen LogP contribution in [-0.2, 0) is 10.5 Å². The van der Waals surface area contributed by atoms with E-state index in [1.165, 1.54) is 4.88 Å². The molecule has 1 amide bonds. The Morgan fingerprint density at radius 3 is 2.95 bits per heavy atom. The first-order valence-electron chi connectivity index (χ1n) is 5.81. The van der Waals surface area contributed by atoms with Gasteiger partial charge in [-0.05, 0) is 42.1 Å². The summed E-state index contributed by atoms with van der Waals surface area (Å²) in [5.41, 5.74) is 1.80. The van der Waals surface area contributed by atoms with Gasteiger partial charge in [0.1, 0.15) is 0 Å². The highest BCUT2D eigenvalue weighted by atomic mass is 35.5. The summed E-state index contributed by atoms with van der Waals surface area (Å²) < 4.78 is 0. The first-order valence-corrected chi connectivity index (χ1v) is 8.22. The van der Waals surface area contributed by atoms with E-state index in [2.05, 4.69) is 11.4 Å². The van der Waals surface area contributed by atoms with Gasteiger partial charge >= 0.3 is 0 Å². The molecule has 1 N–H and O–H groups in total. The Bertz CT molecular complexity index is 555. The smallest absolute Gasteiger partial charge is 0.234 e. The van der Waals surface area contributed by atoms with E-state index in [-0.39, 0.29) is 5.91 Å². The number of hydrogen-bond donors (Lipinski definition) is 1. The summed E-state index contributed by atoms with van der Waals surface area (Å²) >= 11 is 9.21. The van der Waals surface area contributed by atoms with E-state index in [4.69, 9.17) is 11.6 Å². The zero-order valence-corrected chi connectivity index (χ0v) is 12.9. The van der Waals surface area contributed by atoms with Crippen molar-refractivity contribution in [2.45, 2.75) is 12.7 Å². The molecule has 0 radical (unpaired) electrons. The minimum absolute atomic E-state index is 0.0204. The van der Waals surface area contributed by atoms with Crippen LogP contribution in [0.25, 0.3) is 0 Å². The number of aryl methyl sites for hydroxylation is 1.